The summed E-state index contributed by atoms with van der Waals surface area (Å²) < 4.78 is 0. The van der Waals surface area contributed by atoms with Crippen molar-refractivity contribution in [2.24, 2.45) is 11.1 Å². The molecule has 0 atom stereocenters. The Morgan fingerprint density at radius 2 is 2.00 bits per heavy atom. The van der Waals surface area contributed by atoms with E-state index in [4.69, 9.17) is 10.8 Å². The minimum atomic E-state index is -0.320. The highest BCUT2D eigenvalue weighted by atomic mass is 16.3. The smallest absolute Gasteiger partial charge is 0.230 e. The third-order valence-corrected chi connectivity index (χ3v) is 3.85. The van der Waals surface area contributed by atoms with Crippen molar-refractivity contribution in [2.75, 3.05) is 19.7 Å². The number of nitrogens with two attached hydrogens (primary N) is 1. The molecule has 4 heteroatoms. The highest BCUT2D eigenvalue weighted by Crippen LogP contribution is 2.39. The van der Waals surface area contributed by atoms with E-state index in [1.54, 1.807) is 0 Å². The summed E-state index contributed by atoms with van der Waals surface area (Å²) in [7, 11) is 0. The van der Waals surface area contributed by atoms with Gasteiger partial charge in [0.15, 0.2) is 0 Å². The molecule has 0 aromatic rings. The molecule has 1 aliphatic carbocycles. The van der Waals surface area contributed by atoms with Crippen LogP contribution in [0.5, 0.6) is 0 Å². The number of aliphatic hydroxyl groups excluding tert-OH is 1. The summed E-state index contributed by atoms with van der Waals surface area (Å²) in [5, 5.41) is 8.90. The van der Waals surface area contributed by atoms with E-state index in [1.807, 2.05) is 18.7 Å². The maximum absolute atomic E-state index is 12.6. The lowest BCUT2D eigenvalue weighted by molar-refractivity contribution is -0.143. The van der Waals surface area contributed by atoms with Crippen molar-refractivity contribution < 1.29 is 9.90 Å². The van der Waals surface area contributed by atoms with E-state index in [9.17, 15) is 4.79 Å². The first-order valence-electron chi connectivity index (χ1n) is 6.69. The molecular formula is C13H26N2O2. The summed E-state index contributed by atoms with van der Waals surface area (Å²) in [6, 6.07) is 0.179. The van der Waals surface area contributed by atoms with Gasteiger partial charge in [-0.05, 0) is 33.1 Å². The number of amides is 1. The van der Waals surface area contributed by atoms with E-state index in [1.165, 1.54) is 0 Å². The molecular weight excluding hydrogens is 216 g/mol. The van der Waals surface area contributed by atoms with Crippen LogP contribution in [-0.4, -0.2) is 41.7 Å². The molecule has 1 saturated carbocycles. The van der Waals surface area contributed by atoms with Crippen molar-refractivity contribution in [3.8, 4) is 0 Å². The number of carbonyl (C=O) groups is 1. The second-order valence-electron chi connectivity index (χ2n) is 5.36. The summed E-state index contributed by atoms with van der Waals surface area (Å²) in [4.78, 5) is 14.5. The second-order valence-corrected chi connectivity index (χ2v) is 5.36. The molecule has 1 aliphatic rings. The molecule has 1 rings (SSSR count). The van der Waals surface area contributed by atoms with Gasteiger partial charge in [0.2, 0.25) is 5.91 Å². The molecule has 17 heavy (non-hydrogen) atoms. The Hall–Kier alpha value is -0.610. The zero-order valence-corrected chi connectivity index (χ0v) is 11.1. The summed E-state index contributed by atoms with van der Waals surface area (Å²) in [5.41, 5.74) is 5.52. The number of rotatable bonds is 6. The van der Waals surface area contributed by atoms with Gasteiger partial charge >= 0.3 is 0 Å². The van der Waals surface area contributed by atoms with Crippen molar-refractivity contribution in [1.82, 2.24) is 4.90 Å². The fraction of sp³-hybridized carbons (Fsp3) is 0.923. The SMILES string of the molecule is CC(C)N(CCCO)C(=O)C1(CN)CCCC1. The normalized spacial score (nSPS) is 18.6. The number of carbonyl (C=O) groups excluding carboxylic acids is 1. The predicted octanol–water partition coefficient (Wildman–Crippen LogP) is 1.12. The van der Waals surface area contributed by atoms with Gasteiger partial charge in [0.05, 0.1) is 5.41 Å². The predicted molar refractivity (Wildman–Crippen MR) is 68.5 cm³/mol. The highest BCUT2D eigenvalue weighted by molar-refractivity contribution is 5.83. The molecule has 0 saturated heterocycles. The van der Waals surface area contributed by atoms with Crippen LogP contribution in [0, 0.1) is 5.41 Å². The van der Waals surface area contributed by atoms with E-state index in [-0.39, 0.29) is 24.0 Å². The van der Waals surface area contributed by atoms with Crippen LogP contribution < -0.4 is 5.73 Å². The quantitative estimate of drug-likeness (QED) is 0.733. The van der Waals surface area contributed by atoms with Gasteiger partial charge in [0, 0.05) is 25.7 Å². The van der Waals surface area contributed by atoms with Crippen LogP contribution in [0.2, 0.25) is 0 Å². The molecule has 0 aromatic heterocycles. The Labute approximate surface area is 104 Å². The standard InChI is InChI=1S/C13H26N2O2/c1-11(2)15(8-5-9-16)12(17)13(10-14)6-3-4-7-13/h11,16H,3-10,14H2,1-2H3. The number of nitrogens with zero attached hydrogens (tertiary/aromatic N) is 1. The van der Waals surface area contributed by atoms with E-state index in [0.29, 0.717) is 19.5 Å². The molecule has 100 valence electrons. The third kappa shape index (κ3) is 3.19. The minimum absolute atomic E-state index is 0.131. The van der Waals surface area contributed by atoms with Crippen LogP contribution in [0.1, 0.15) is 46.0 Å². The first kappa shape index (κ1) is 14.5. The fourth-order valence-corrected chi connectivity index (χ4v) is 2.70. The minimum Gasteiger partial charge on any atom is -0.396 e. The second kappa shape index (κ2) is 6.36. The number of hydrogen-bond donors (Lipinski definition) is 2. The van der Waals surface area contributed by atoms with Gasteiger partial charge in [0.25, 0.3) is 0 Å². The summed E-state index contributed by atoms with van der Waals surface area (Å²) >= 11 is 0. The Morgan fingerprint density at radius 3 is 2.41 bits per heavy atom. The van der Waals surface area contributed by atoms with Crippen LogP contribution in [0.15, 0.2) is 0 Å². The first-order valence-corrected chi connectivity index (χ1v) is 6.69. The third-order valence-electron chi connectivity index (χ3n) is 3.85. The van der Waals surface area contributed by atoms with Crippen molar-refractivity contribution in [1.29, 1.82) is 0 Å². The van der Waals surface area contributed by atoms with Crippen LogP contribution >= 0.6 is 0 Å². The number of aliphatic hydroxyl groups is 1. The Morgan fingerprint density at radius 1 is 1.41 bits per heavy atom. The Bertz CT molecular complexity index is 248. The van der Waals surface area contributed by atoms with Gasteiger partial charge < -0.3 is 15.7 Å². The Balaban J connectivity index is 2.75. The average molecular weight is 242 g/mol. The summed E-state index contributed by atoms with van der Waals surface area (Å²) in [5.74, 6) is 0.195. The van der Waals surface area contributed by atoms with Crippen molar-refractivity contribution in [2.45, 2.75) is 52.0 Å². The fourth-order valence-electron chi connectivity index (χ4n) is 2.70. The molecule has 0 aromatic carbocycles. The van der Waals surface area contributed by atoms with Gasteiger partial charge in [-0.15, -0.1) is 0 Å². The average Bonchev–Trinajstić information content (AvgIpc) is 2.78. The van der Waals surface area contributed by atoms with Gasteiger partial charge in [-0.1, -0.05) is 12.8 Å². The molecule has 0 spiro atoms. The van der Waals surface area contributed by atoms with Crippen molar-refractivity contribution in [3.05, 3.63) is 0 Å². The van der Waals surface area contributed by atoms with Crippen molar-refractivity contribution >= 4 is 5.91 Å². The largest absolute Gasteiger partial charge is 0.396 e. The zero-order chi connectivity index (χ0) is 12.9. The van der Waals surface area contributed by atoms with Crippen LogP contribution in [0.25, 0.3) is 0 Å². The lowest BCUT2D eigenvalue weighted by atomic mass is 9.84. The molecule has 0 bridgehead atoms. The number of hydrogen-bond acceptors (Lipinski definition) is 3. The topological polar surface area (TPSA) is 66.6 Å². The van der Waals surface area contributed by atoms with Crippen LogP contribution in [-0.2, 0) is 4.79 Å². The maximum Gasteiger partial charge on any atom is 0.230 e. The first-order chi connectivity index (χ1) is 8.07. The lowest BCUT2D eigenvalue weighted by Crippen LogP contribution is -2.49. The highest BCUT2D eigenvalue weighted by Gasteiger charge is 2.42. The molecule has 3 N–H and O–H groups in total. The molecule has 1 amide bonds. The van der Waals surface area contributed by atoms with Crippen LogP contribution in [0.4, 0.5) is 0 Å². The van der Waals surface area contributed by atoms with E-state index < -0.39 is 0 Å². The van der Waals surface area contributed by atoms with Gasteiger partial charge in [-0.3, -0.25) is 4.79 Å². The van der Waals surface area contributed by atoms with Crippen LogP contribution in [0.3, 0.4) is 0 Å². The molecule has 0 radical (unpaired) electrons. The van der Waals surface area contributed by atoms with Gasteiger partial charge in [0.1, 0.15) is 0 Å². The molecule has 0 aliphatic heterocycles. The molecule has 0 unspecified atom stereocenters. The molecule has 0 heterocycles. The monoisotopic (exact) mass is 242 g/mol. The molecule has 1 fully saturated rings. The summed E-state index contributed by atoms with van der Waals surface area (Å²) in [6.07, 6.45) is 4.70. The van der Waals surface area contributed by atoms with Gasteiger partial charge in [-0.25, -0.2) is 0 Å². The van der Waals surface area contributed by atoms with Gasteiger partial charge in [-0.2, -0.15) is 0 Å². The van der Waals surface area contributed by atoms with E-state index >= 15 is 0 Å². The van der Waals surface area contributed by atoms with E-state index in [0.717, 1.165) is 25.7 Å². The summed E-state index contributed by atoms with van der Waals surface area (Å²) in [6.45, 7) is 5.26. The molecule has 4 nitrogen and oxygen atoms in total. The Kier molecular flexibility index (Phi) is 5.40. The lowest BCUT2D eigenvalue weighted by Gasteiger charge is -2.36. The van der Waals surface area contributed by atoms with E-state index in [2.05, 4.69) is 0 Å². The van der Waals surface area contributed by atoms with Crippen molar-refractivity contribution in [3.63, 3.8) is 0 Å². The zero-order valence-electron chi connectivity index (χ0n) is 11.1. The maximum atomic E-state index is 12.6.